The minimum Gasteiger partial charge on any atom is -0.480 e. The zero-order valence-electron chi connectivity index (χ0n) is 11.9. The van der Waals surface area contributed by atoms with Crippen LogP contribution in [-0.4, -0.2) is 34.6 Å². The number of carbonyl (C=O) groups excluding carboxylic acids is 1. The molecule has 1 saturated carbocycles. The molecule has 0 saturated heterocycles. The summed E-state index contributed by atoms with van der Waals surface area (Å²) < 4.78 is 0.789. The number of carboxylic acids is 1. The highest BCUT2D eigenvalue weighted by molar-refractivity contribution is 9.10. The molecule has 0 radical (unpaired) electrons. The molecule has 2 amide bonds. The Bertz CT molecular complexity index is 542. The van der Waals surface area contributed by atoms with Gasteiger partial charge in [0.25, 0.3) is 0 Å². The third kappa shape index (κ3) is 4.20. The number of benzene rings is 1. The maximum Gasteiger partial charge on any atom is 0.323 e. The molecule has 1 aromatic rings. The zero-order valence-corrected chi connectivity index (χ0v) is 13.5. The summed E-state index contributed by atoms with van der Waals surface area (Å²) in [5.74, 6) is -0.986. The molecule has 21 heavy (non-hydrogen) atoms. The van der Waals surface area contributed by atoms with E-state index in [0.717, 1.165) is 35.7 Å². The van der Waals surface area contributed by atoms with E-state index in [0.29, 0.717) is 5.69 Å². The van der Waals surface area contributed by atoms with Gasteiger partial charge in [0, 0.05) is 10.5 Å². The van der Waals surface area contributed by atoms with Crippen molar-refractivity contribution in [3.05, 3.63) is 28.2 Å². The average Bonchev–Trinajstić information content (AvgIpc) is 2.92. The molecular formula is C15H19BrN2O3. The minimum absolute atomic E-state index is 0.0188. The van der Waals surface area contributed by atoms with Gasteiger partial charge in [-0.1, -0.05) is 18.9 Å². The largest absolute Gasteiger partial charge is 0.480 e. The van der Waals surface area contributed by atoms with Crippen molar-refractivity contribution in [2.24, 2.45) is 0 Å². The molecule has 0 bridgehead atoms. The number of amides is 2. The molecule has 0 aliphatic heterocycles. The van der Waals surface area contributed by atoms with E-state index < -0.39 is 5.97 Å². The van der Waals surface area contributed by atoms with Gasteiger partial charge in [-0.25, -0.2) is 4.79 Å². The topological polar surface area (TPSA) is 69.6 Å². The molecule has 0 aromatic heterocycles. The first-order valence-corrected chi connectivity index (χ1v) is 7.82. The number of hydrogen-bond acceptors (Lipinski definition) is 2. The van der Waals surface area contributed by atoms with Gasteiger partial charge in [0.1, 0.15) is 6.54 Å². The molecule has 114 valence electrons. The van der Waals surface area contributed by atoms with Crippen LogP contribution in [0, 0.1) is 6.92 Å². The fraction of sp³-hybridized carbons (Fsp3) is 0.467. The zero-order chi connectivity index (χ0) is 15.4. The maximum absolute atomic E-state index is 12.4. The van der Waals surface area contributed by atoms with E-state index in [9.17, 15) is 9.59 Å². The van der Waals surface area contributed by atoms with Gasteiger partial charge in [-0.15, -0.1) is 0 Å². The Balaban J connectivity index is 2.11. The predicted octanol–water partition coefficient (Wildman–Crippen LogP) is 3.62. The van der Waals surface area contributed by atoms with Gasteiger partial charge in [-0.3, -0.25) is 4.79 Å². The molecular weight excluding hydrogens is 336 g/mol. The smallest absolute Gasteiger partial charge is 0.323 e. The van der Waals surface area contributed by atoms with Gasteiger partial charge in [-0.2, -0.15) is 0 Å². The number of nitrogens with zero attached hydrogens (tertiary/aromatic N) is 1. The fourth-order valence-electron chi connectivity index (χ4n) is 2.64. The van der Waals surface area contributed by atoms with Crippen molar-refractivity contribution in [1.82, 2.24) is 4.90 Å². The third-order valence-electron chi connectivity index (χ3n) is 3.70. The van der Waals surface area contributed by atoms with Gasteiger partial charge in [-0.05, 0) is 53.4 Å². The predicted molar refractivity (Wildman–Crippen MR) is 84.5 cm³/mol. The molecule has 2 N–H and O–H groups in total. The van der Waals surface area contributed by atoms with Crippen molar-refractivity contribution >= 4 is 33.6 Å². The standard InChI is InChI=1S/C15H19BrN2O3/c1-10-6-7-13(12(16)8-10)17-15(21)18(9-14(19)20)11-4-2-3-5-11/h6-8,11H,2-5,9H2,1H3,(H,17,21)(H,19,20). The second-order valence-electron chi connectivity index (χ2n) is 5.37. The summed E-state index contributed by atoms with van der Waals surface area (Å²) in [6.45, 7) is 1.70. The summed E-state index contributed by atoms with van der Waals surface area (Å²) in [7, 11) is 0. The summed E-state index contributed by atoms with van der Waals surface area (Å²) in [5.41, 5.74) is 1.73. The van der Waals surface area contributed by atoms with E-state index >= 15 is 0 Å². The van der Waals surface area contributed by atoms with Crippen LogP contribution < -0.4 is 5.32 Å². The van der Waals surface area contributed by atoms with Crippen molar-refractivity contribution in [3.63, 3.8) is 0 Å². The summed E-state index contributed by atoms with van der Waals surface area (Å²) in [4.78, 5) is 24.8. The van der Waals surface area contributed by atoms with E-state index in [2.05, 4.69) is 21.2 Å². The van der Waals surface area contributed by atoms with E-state index in [-0.39, 0.29) is 18.6 Å². The number of hydrogen-bond donors (Lipinski definition) is 2. The minimum atomic E-state index is -0.986. The number of rotatable bonds is 4. The molecule has 5 nitrogen and oxygen atoms in total. The number of carboxylic acid groups (broad SMARTS) is 1. The monoisotopic (exact) mass is 354 g/mol. The molecule has 1 fully saturated rings. The first-order valence-electron chi connectivity index (χ1n) is 7.03. The van der Waals surface area contributed by atoms with Crippen LogP contribution in [0.1, 0.15) is 31.2 Å². The number of halogens is 1. The Morgan fingerprint density at radius 2 is 2.05 bits per heavy atom. The summed E-state index contributed by atoms with van der Waals surface area (Å²) in [6, 6.07) is 5.29. The van der Waals surface area contributed by atoms with Crippen LogP contribution in [0.5, 0.6) is 0 Å². The Hall–Kier alpha value is -1.56. The number of nitrogens with one attached hydrogen (secondary N) is 1. The molecule has 0 spiro atoms. The maximum atomic E-state index is 12.4. The first-order chi connectivity index (χ1) is 9.97. The lowest BCUT2D eigenvalue weighted by Gasteiger charge is -2.27. The van der Waals surface area contributed by atoms with Gasteiger partial charge < -0.3 is 15.3 Å². The van der Waals surface area contributed by atoms with E-state index in [4.69, 9.17) is 5.11 Å². The molecule has 0 unspecified atom stereocenters. The molecule has 1 aromatic carbocycles. The quantitative estimate of drug-likeness (QED) is 0.867. The Morgan fingerprint density at radius 1 is 1.38 bits per heavy atom. The Labute approximate surface area is 132 Å². The van der Waals surface area contributed by atoms with Gasteiger partial charge in [0.15, 0.2) is 0 Å². The molecule has 0 heterocycles. The van der Waals surface area contributed by atoms with Crippen LogP contribution in [0.2, 0.25) is 0 Å². The molecule has 2 rings (SSSR count). The third-order valence-corrected chi connectivity index (χ3v) is 4.35. The lowest BCUT2D eigenvalue weighted by Crippen LogP contribution is -2.44. The average molecular weight is 355 g/mol. The lowest BCUT2D eigenvalue weighted by atomic mass is 10.2. The highest BCUT2D eigenvalue weighted by Gasteiger charge is 2.28. The van der Waals surface area contributed by atoms with Crippen LogP contribution in [0.4, 0.5) is 10.5 Å². The number of carbonyl (C=O) groups is 2. The Morgan fingerprint density at radius 3 is 2.62 bits per heavy atom. The second kappa shape index (κ2) is 6.93. The summed E-state index contributed by atoms with van der Waals surface area (Å²) in [5, 5.41) is 11.8. The molecule has 1 aliphatic rings. The van der Waals surface area contributed by atoms with Crippen LogP contribution in [0.3, 0.4) is 0 Å². The Kier molecular flexibility index (Phi) is 5.22. The molecule has 0 atom stereocenters. The van der Waals surface area contributed by atoms with E-state index in [1.54, 1.807) is 0 Å². The van der Waals surface area contributed by atoms with Gasteiger partial charge >= 0.3 is 12.0 Å². The van der Waals surface area contributed by atoms with E-state index in [1.165, 1.54) is 4.90 Å². The number of aliphatic carboxylic acids is 1. The van der Waals surface area contributed by atoms with Crippen LogP contribution in [0.15, 0.2) is 22.7 Å². The van der Waals surface area contributed by atoms with Crippen molar-refractivity contribution in [2.75, 3.05) is 11.9 Å². The SMILES string of the molecule is Cc1ccc(NC(=O)N(CC(=O)O)C2CCCC2)c(Br)c1. The second-order valence-corrected chi connectivity index (χ2v) is 6.23. The van der Waals surface area contributed by atoms with E-state index in [1.807, 2.05) is 25.1 Å². The highest BCUT2D eigenvalue weighted by Crippen LogP contribution is 2.26. The number of anilines is 1. The normalized spacial score (nSPS) is 15.0. The first kappa shape index (κ1) is 15.8. The fourth-order valence-corrected chi connectivity index (χ4v) is 3.23. The number of aryl methyl sites for hydroxylation is 1. The summed E-state index contributed by atoms with van der Waals surface area (Å²) >= 11 is 3.41. The van der Waals surface area contributed by atoms with Crippen molar-refractivity contribution in [1.29, 1.82) is 0 Å². The lowest BCUT2D eigenvalue weighted by molar-refractivity contribution is -0.138. The summed E-state index contributed by atoms with van der Waals surface area (Å²) in [6.07, 6.45) is 3.83. The van der Waals surface area contributed by atoms with Crippen molar-refractivity contribution in [2.45, 2.75) is 38.6 Å². The molecule has 1 aliphatic carbocycles. The van der Waals surface area contributed by atoms with Crippen LogP contribution >= 0.6 is 15.9 Å². The molecule has 6 heteroatoms. The number of urea groups is 1. The highest BCUT2D eigenvalue weighted by atomic mass is 79.9. The van der Waals surface area contributed by atoms with Crippen LogP contribution in [0.25, 0.3) is 0 Å². The van der Waals surface area contributed by atoms with Crippen LogP contribution in [-0.2, 0) is 4.79 Å². The van der Waals surface area contributed by atoms with Gasteiger partial charge in [0.05, 0.1) is 5.69 Å². The van der Waals surface area contributed by atoms with Gasteiger partial charge in [0.2, 0.25) is 0 Å². The van der Waals surface area contributed by atoms with Crippen molar-refractivity contribution < 1.29 is 14.7 Å². The van der Waals surface area contributed by atoms with Crippen molar-refractivity contribution in [3.8, 4) is 0 Å².